The van der Waals surface area contributed by atoms with Crippen LogP contribution in [0.15, 0.2) is 36.5 Å². The molecule has 3 N–H and O–H groups in total. The summed E-state index contributed by atoms with van der Waals surface area (Å²) in [6.07, 6.45) is 64.3. The molecule has 0 aliphatic rings. The summed E-state index contributed by atoms with van der Waals surface area (Å²) in [5.74, 6) is -0.537. The molecule has 3 atom stereocenters. The van der Waals surface area contributed by atoms with Crippen molar-refractivity contribution in [1.29, 1.82) is 0 Å². The van der Waals surface area contributed by atoms with Gasteiger partial charge in [-0.25, -0.2) is 0 Å². The number of unbranched alkanes of at least 4 members (excludes halogenated alkanes) is 30. The second-order valence-electron chi connectivity index (χ2n) is 19.7. The van der Waals surface area contributed by atoms with Gasteiger partial charge in [0, 0.05) is 0 Å². The number of hydrogen-bond donors (Lipinski definition) is 6. The van der Waals surface area contributed by atoms with Crippen molar-refractivity contribution >= 4 is 78.3 Å². The third kappa shape index (κ3) is 67.5. The second kappa shape index (κ2) is 69.5. The number of rotatable bonds is 51. The molecule has 0 bridgehead atoms. The van der Waals surface area contributed by atoms with E-state index >= 15 is 0 Å². The molecule has 0 fully saturated rings. The van der Waals surface area contributed by atoms with Crippen molar-refractivity contribution in [1.82, 2.24) is 0 Å². The Morgan fingerprint density at radius 2 is 0.479 bits per heavy atom. The van der Waals surface area contributed by atoms with Crippen LogP contribution in [0.1, 0.15) is 290 Å². The van der Waals surface area contributed by atoms with Gasteiger partial charge in [-0.1, -0.05) is 211 Å². The minimum absolute atomic E-state index is 0.190. The van der Waals surface area contributed by atoms with E-state index in [1.54, 1.807) is 22.5 Å². The Morgan fingerprint density at radius 3 is 0.648 bits per heavy atom. The summed E-state index contributed by atoms with van der Waals surface area (Å²) in [5, 5.41) is 27.2. The zero-order chi connectivity index (χ0) is 53.5. The van der Waals surface area contributed by atoms with Gasteiger partial charge in [0.15, 0.2) is 0 Å². The maximum absolute atomic E-state index is 11.0. The van der Waals surface area contributed by atoms with Gasteiger partial charge in [0.1, 0.15) is 0 Å². The molecule has 0 saturated heterocycles. The van der Waals surface area contributed by atoms with Crippen LogP contribution in [0.3, 0.4) is 0 Å². The van der Waals surface area contributed by atoms with E-state index in [9.17, 15) is 14.4 Å². The Kier molecular flexibility index (Phi) is 75.3. The zero-order valence-corrected chi connectivity index (χ0v) is 52.5. The van der Waals surface area contributed by atoms with Gasteiger partial charge in [0.05, 0.1) is 17.8 Å². The third-order valence-electron chi connectivity index (χ3n) is 13.2. The molecular weight excluding hydrogens is 1040 g/mol. The number of aliphatic carboxylic acids is 3. The molecule has 6 nitrogen and oxygen atoms in total. The summed E-state index contributed by atoms with van der Waals surface area (Å²) in [7, 11) is 0. The van der Waals surface area contributed by atoms with Crippen molar-refractivity contribution in [2.24, 2.45) is 17.8 Å². The fourth-order valence-electron chi connectivity index (χ4n) is 8.50. The Hall–Kier alpha value is -0.521. The van der Waals surface area contributed by atoms with E-state index in [-0.39, 0.29) is 17.8 Å². The van der Waals surface area contributed by atoms with Crippen molar-refractivity contribution in [2.75, 3.05) is 17.3 Å². The zero-order valence-electron chi connectivity index (χ0n) is 46.9. The maximum atomic E-state index is 11.0. The van der Waals surface area contributed by atoms with E-state index in [1.165, 1.54) is 193 Å². The van der Waals surface area contributed by atoms with Gasteiger partial charge >= 0.3 is 45.4 Å². The molecule has 0 aromatic rings. The second-order valence-corrected chi connectivity index (χ2v) is 21.0. The van der Waals surface area contributed by atoms with Crippen molar-refractivity contribution in [3.63, 3.8) is 0 Å². The van der Waals surface area contributed by atoms with Crippen LogP contribution in [0.4, 0.5) is 0 Å². The third-order valence-corrected chi connectivity index (χ3v) is 13.9. The molecule has 71 heavy (non-hydrogen) atoms. The molecule has 0 aromatic heterocycles. The molecule has 0 spiro atoms. The fraction of sp³-hybridized carbons (Fsp3) is 0.852. The predicted octanol–water partition coefficient (Wildman–Crippen LogP) is 20.2. The standard InChI is InChI=1S/3C20H38O2S.CH3.Sn/c3*1-2-3-4-5-6-7-8-9-10-11-12-13-14-15-16-19(17-18-23)20(21)22;;/h3*9-10,19,23H,2-8,11-18H2,1H3,(H,21,22);1H3;/b3*10-9-;;. The first kappa shape index (κ1) is 77.0. The molecule has 0 saturated carbocycles. The molecule has 0 amide bonds. The van der Waals surface area contributed by atoms with Crippen LogP contribution >= 0.6 is 37.9 Å². The van der Waals surface area contributed by atoms with E-state index in [4.69, 9.17) is 15.3 Å². The van der Waals surface area contributed by atoms with Crippen LogP contribution in [0.5, 0.6) is 0 Å². The molecule has 0 aliphatic heterocycles. The number of carboxylic acid groups (broad SMARTS) is 3. The normalized spacial score (nSPS) is 12.5. The predicted molar refractivity (Wildman–Crippen MR) is 325 cm³/mol. The van der Waals surface area contributed by atoms with E-state index in [0.29, 0.717) is 36.5 Å². The van der Waals surface area contributed by atoms with Gasteiger partial charge in [0.2, 0.25) is 0 Å². The minimum atomic E-state index is -0.656. The quantitative estimate of drug-likeness (QED) is 0.0157. The Balaban J connectivity index is -0.000000465. The summed E-state index contributed by atoms with van der Waals surface area (Å²) >= 11 is 13.9. The monoisotopic (exact) mass is 1160 g/mol. The van der Waals surface area contributed by atoms with Gasteiger partial charge in [-0.3, -0.25) is 14.4 Å². The molecule has 0 aliphatic carbocycles. The van der Waals surface area contributed by atoms with Crippen LogP contribution in [0.25, 0.3) is 0 Å². The van der Waals surface area contributed by atoms with Crippen LogP contribution in [-0.2, 0) is 14.4 Å². The first-order valence-electron chi connectivity index (χ1n) is 29.6. The van der Waals surface area contributed by atoms with Crippen molar-refractivity contribution in [2.45, 2.75) is 295 Å². The summed E-state index contributed by atoms with van der Waals surface area (Å²) in [5.41, 5.74) is 0. The van der Waals surface area contributed by atoms with Gasteiger partial charge < -0.3 is 15.3 Å². The van der Waals surface area contributed by atoms with Crippen molar-refractivity contribution < 1.29 is 29.7 Å². The summed E-state index contributed by atoms with van der Waals surface area (Å²) in [4.78, 5) is 35.1. The average Bonchev–Trinajstić information content (AvgIpc) is 3.36. The van der Waals surface area contributed by atoms with E-state index in [1.807, 2.05) is 0 Å². The van der Waals surface area contributed by atoms with Gasteiger partial charge in [-0.15, -0.1) is 0 Å². The number of carbonyl (C=O) groups is 3. The molecule has 3 radical (unpaired) electrons. The van der Waals surface area contributed by atoms with Crippen LogP contribution in [-0.4, -0.2) is 73.0 Å². The number of hydrogen-bond acceptors (Lipinski definition) is 6. The van der Waals surface area contributed by atoms with Gasteiger partial charge in [-0.2, -0.15) is 37.9 Å². The Bertz CT molecular complexity index is 1010. The molecule has 0 aromatic carbocycles. The molecule has 0 heterocycles. The molecule has 0 rings (SSSR count). The van der Waals surface area contributed by atoms with E-state index in [0.717, 1.165) is 57.8 Å². The van der Waals surface area contributed by atoms with Gasteiger partial charge in [-0.05, 0) is 133 Å². The first-order valence-corrected chi connectivity index (χ1v) is 34.4. The fourth-order valence-corrected chi connectivity index (χ4v) is 9.43. The number of thiol groups is 3. The summed E-state index contributed by atoms with van der Waals surface area (Å²) in [6.45, 7) is 6.78. The van der Waals surface area contributed by atoms with Crippen LogP contribution < -0.4 is 0 Å². The molecular formula is C61H117O6S3Sn. The van der Waals surface area contributed by atoms with E-state index in [2.05, 4.69) is 100 Å². The van der Waals surface area contributed by atoms with Crippen molar-refractivity contribution in [3.8, 4) is 0 Å². The Morgan fingerprint density at radius 1 is 0.310 bits per heavy atom. The topological polar surface area (TPSA) is 112 Å². The summed E-state index contributed by atoms with van der Waals surface area (Å²) in [6, 6.07) is 0. The van der Waals surface area contributed by atoms with Crippen LogP contribution in [0.2, 0.25) is 4.94 Å². The first-order chi connectivity index (χ1) is 34.7. The Labute approximate surface area is 471 Å². The average molecular weight is 1160 g/mol. The summed E-state index contributed by atoms with van der Waals surface area (Å²) < 4.78 is 0. The van der Waals surface area contributed by atoms with Crippen molar-refractivity contribution in [3.05, 3.63) is 36.5 Å². The number of carboxylic acids is 3. The van der Waals surface area contributed by atoms with E-state index < -0.39 is 17.9 Å². The molecule has 3 unspecified atom stereocenters. The molecule has 10 heteroatoms. The number of allylic oxidation sites excluding steroid dienone is 6. The molecule has 419 valence electrons. The SMILES string of the molecule is CCCCCCCC/C=C\CCCCCCC(CCS)C(=O)O.CCCCCCCC/C=C\CCCCCCC(CCS)C(=O)O.CCCCCCCC/C=C\CCCCCCC(CCS)C(=O)O.[CH3][Sn]. The van der Waals surface area contributed by atoms with Crippen LogP contribution in [0, 0.1) is 17.8 Å². The van der Waals surface area contributed by atoms with Gasteiger partial charge in [0.25, 0.3) is 0 Å².